The molecule has 2 heterocycles. The summed E-state index contributed by atoms with van der Waals surface area (Å²) >= 11 is 1.34. The number of piperidine rings is 1. The Bertz CT molecular complexity index is 472. The van der Waals surface area contributed by atoms with Crippen molar-refractivity contribution in [2.45, 2.75) is 45.8 Å². The second-order valence-corrected chi connectivity index (χ2v) is 6.39. The number of rotatable bonds is 3. The first-order valence-corrected chi connectivity index (χ1v) is 7.46. The molecule has 3 atom stereocenters. The molecule has 0 aliphatic carbocycles. The fourth-order valence-electron chi connectivity index (χ4n) is 2.55. The molecular weight excluding hydrogens is 264 g/mol. The monoisotopic (exact) mass is 284 g/mol. The molecular formula is C13H20N2O3S. The molecule has 0 radical (unpaired) electrons. The normalized spacial score (nSPS) is 25.4. The highest BCUT2D eigenvalue weighted by Crippen LogP contribution is 2.43. The van der Waals surface area contributed by atoms with Crippen molar-refractivity contribution in [3.8, 4) is 0 Å². The van der Waals surface area contributed by atoms with E-state index in [0.717, 1.165) is 13.0 Å². The molecule has 0 spiro atoms. The van der Waals surface area contributed by atoms with Crippen molar-refractivity contribution in [1.82, 2.24) is 0 Å². The first kappa shape index (κ1) is 14.3. The molecule has 1 aromatic rings. The van der Waals surface area contributed by atoms with E-state index < -0.39 is 6.10 Å². The Labute approximate surface area is 117 Å². The molecule has 2 unspecified atom stereocenters. The van der Waals surface area contributed by atoms with E-state index in [2.05, 4.69) is 18.7 Å². The Morgan fingerprint density at radius 2 is 2.26 bits per heavy atom. The van der Waals surface area contributed by atoms with Crippen molar-refractivity contribution in [3.63, 3.8) is 0 Å². The number of thiophene rings is 1. The van der Waals surface area contributed by atoms with Crippen molar-refractivity contribution in [1.29, 1.82) is 0 Å². The lowest BCUT2D eigenvalue weighted by molar-refractivity contribution is -0.383. The number of hydrogen-bond donors (Lipinski definition) is 1. The molecule has 5 nitrogen and oxygen atoms in total. The van der Waals surface area contributed by atoms with Gasteiger partial charge in [-0.2, -0.15) is 0 Å². The minimum absolute atomic E-state index is 0.127. The maximum Gasteiger partial charge on any atom is 0.304 e. The summed E-state index contributed by atoms with van der Waals surface area (Å²) in [6.07, 6.45) is 1.57. The van der Waals surface area contributed by atoms with E-state index in [1.54, 1.807) is 6.92 Å². The second kappa shape index (κ2) is 5.46. The molecule has 106 valence electrons. The summed E-state index contributed by atoms with van der Waals surface area (Å²) in [4.78, 5) is 13.6. The molecule has 1 saturated heterocycles. The number of nitro groups is 1. The van der Waals surface area contributed by atoms with E-state index in [9.17, 15) is 15.2 Å². The highest BCUT2D eigenvalue weighted by molar-refractivity contribution is 7.16. The molecule has 0 saturated carbocycles. The van der Waals surface area contributed by atoms with E-state index in [4.69, 9.17) is 0 Å². The van der Waals surface area contributed by atoms with Gasteiger partial charge in [0.1, 0.15) is 0 Å². The first-order valence-electron chi connectivity index (χ1n) is 6.64. The summed E-state index contributed by atoms with van der Waals surface area (Å²) in [6, 6.07) is 1.81. The average Bonchev–Trinajstić information content (AvgIpc) is 2.77. The lowest BCUT2D eigenvalue weighted by Crippen LogP contribution is -2.42. The van der Waals surface area contributed by atoms with Crippen LogP contribution in [0.25, 0.3) is 0 Å². The third-order valence-electron chi connectivity index (χ3n) is 3.96. The number of aliphatic hydroxyl groups excluding tert-OH is 1. The number of aliphatic hydroxyl groups is 1. The smallest absolute Gasteiger partial charge is 0.304 e. The Hall–Kier alpha value is -1.14. The maximum absolute atomic E-state index is 11.2. The van der Waals surface area contributed by atoms with Crippen LogP contribution < -0.4 is 4.90 Å². The Kier molecular flexibility index (Phi) is 4.10. The molecule has 1 fully saturated rings. The predicted molar refractivity (Wildman–Crippen MR) is 76.8 cm³/mol. The van der Waals surface area contributed by atoms with Gasteiger partial charge in [-0.1, -0.05) is 6.92 Å². The molecule has 6 heteroatoms. The molecule has 19 heavy (non-hydrogen) atoms. The number of hydrogen-bond acceptors (Lipinski definition) is 5. The second-order valence-electron chi connectivity index (χ2n) is 5.33. The summed E-state index contributed by atoms with van der Waals surface area (Å²) in [5, 5.41) is 21.5. The summed E-state index contributed by atoms with van der Waals surface area (Å²) in [6.45, 7) is 6.80. The van der Waals surface area contributed by atoms with Gasteiger partial charge in [-0.15, -0.1) is 11.3 Å². The highest BCUT2D eigenvalue weighted by atomic mass is 32.1. The van der Waals surface area contributed by atoms with Gasteiger partial charge in [0, 0.05) is 23.5 Å². The van der Waals surface area contributed by atoms with Gasteiger partial charge in [0.25, 0.3) is 0 Å². The Morgan fingerprint density at radius 1 is 1.58 bits per heavy atom. The minimum Gasteiger partial charge on any atom is -0.388 e. The van der Waals surface area contributed by atoms with Crippen LogP contribution in [0, 0.1) is 16.0 Å². The fraction of sp³-hybridized carbons (Fsp3) is 0.692. The molecule has 1 aromatic heterocycles. The van der Waals surface area contributed by atoms with Crippen molar-refractivity contribution < 1.29 is 10.0 Å². The quantitative estimate of drug-likeness (QED) is 0.683. The zero-order valence-corrected chi connectivity index (χ0v) is 12.3. The lowest BCUT2D eigenvalue weighted by atomic mass is 9.92. The van der Waals surface area contributed by atoms with E-state index in [-0.39, 0.29) is 10.6 Å². The van der Waals surface area contributed by atoms with Gasteiger partial charge in [-0.05, 0) is 32.6 Å². The van der Waals surface area contributed by atoms with Crippen LogP contribution in [-0.4, -0.2) is 22.6 Å². The molecule has 0 aromatic carbocycles. The maximum atomic E-state index is 11.2. The van der Waals surface area contributed by atoms with Gasteiger partial charge in [0.05, 0.1) is 11.0 Å². The molecule has 2 rings (SSSR count). The molecule has 0 amide bonds. The van der Waals surface area contributed by atoms with Crippen LogP contribution >= 0.6 is 11.3 Å². The first-order chi connectivity index (χ1) is 8.91. The van der Waals surface area contributed by atoms with Crippen molar-refractivity contribution in [3.05, 3.63) is 21.1 Å². The highest BCUT2D eigenvalue weighted by Gasteiger charge is 2.32. The zero-order chi connectivity index (χ0) is 14.2. The van der Waals surface area contributed by atoms with Crippen LogP contribution in [0.15, 0.2) is 6.07 Å². The van der Waals surface area contributed by atoms with E-state index in [1.807, 2.05) is 0 Å². The van der Waals surface area contributed by atoms with Gasteiger partial charge < -0.3 is 10.0 Å². The van der Waals surface area contributed by atoms with E-state index in [0.29, 0.717) is 21.8 Å². The van der Waals surface area contributed by atoms with Crippen molar-refractivity contribution >= 4 is 22.0 Å². The number of nitrogens with zero attached hydrogens (tertiary/aromatic N) is 2. The predicted octanol–water partition coefficient (Wildman–Crippen LogP) is 3.33. The third kappa shape index (κ3) is 2.74. The summed E-state index contributed by atoms with van der Waals surface area (Å²) in [7, 11) is 0. The SMILES string of the molecule is CC1CCCN(c2sc([C@H](C)O)cc2[N+](=O)[O-])C1C. The molecule has 0 bridgehead atoms. The molecule has 1 aliphatic heterocycles. The Morgan fingerprint density at radius 3 is 2.84 bits per heavy atom. The fourth-order valence-corrected chi connectivity index (χ4v) is 3.73. The van der Waals surface area contributed by atoms with Crippen LogP contribution in [0.1, 0.15) is 44.6 Å². The van der Waals surface area contributed by atoms with Gasteiger partial charge >= 0.3 is 5.69 Å². The largest absolute Gasteiger partial charge is 0.388 e. The van der Waals surface area contributed by atoms with E-state index in [1.165, 1.54) is 23.8 Å². The van der Waals surface area contributed by atoms with Crippen LogP contribution in [0.5, 0.6) is 0 Å². The van der Waals surface area contributed by atoms with E-state index >= 15 is 0 Å². The lowest BCUT2D eigenvalue weighted by Gasteiger charge is -2.38. The molecule has 1 aliphatic rings. The summed E-state index contributed by atoms with van der Waals surface area (Å²) < 4.78 is 0. The molecule has 1 N–H and O–H groups in total. The minimum atomic E-state index is -0.657. The van der Waals surface area contributed by atoms with Crippen LogP contribution in [0.2, 0.25) is 0 Å². The van der Waals surface area contributed by atoms with Crippen LogP contribution in [-0.2, 0) is 0 Å². The third-order valence-corrected chi connectivity index (χ3v) is 5.29. The summed E-state index contributed by atoms with van der Waals surface area (Å²) in [5.41, 5.74) is 0.127. The van der Waals surface area contributed by atoms with Crippen LogP contribution in [0.3, 0.4) is 0 Å². The summed E-state index contributed by atoms with van der Waals surface area (Å²) in [5.74, 6) is 0.533. The van der Waals surface area contributed by atoms with Gasteiger partial charge in [-0.3, -0.25) is 10.1 Å². The van der Waals surface area contributed by atoms with Crippen LogP contribution in [0.4, 0.5) is 10.7 Å². The van der Waals surface area contributed by atoms with Gasteiger partial charge in [0.15, 0.2) is 5.00 Å². The van der Waals surface area contributed by atoms with Gasteiger partial charge in [-0.25, -0.2) is 0 Å². The van der Waals surface area contributed by atoms with Crippen molar-refractivity contribution in [2.24, 2.45) is 5.92 Å². The average molecular weight is 284 g/mol. The van der Waals surface area contributed by atoms with Gasteiger partial charge in [0.2, 0.25) is 0 Å². The number of anilines is 1. The Balaban J connectivity index is 2.39. The topological polar surface area (TPSA) is 66.6 Å². The zero-order valence-electron chi connectivity index (χ0n) is 11.5. The standard InChI is InChI=1S/C13H20N2O3S/c1-8-5-4-6-14(9(8)2)13-11(15(17)18)7-12(19-13)10(3)16/h7-10,16H,4-6H2,1-3H3/t8?,9?,10-/m0/s1. The van der Waals surface area contributed by atoms with Crippen molar-refractivity contribution in [2.75, 3.05) is 11.4 Å².